The van der Waals surface area contributed by atoms with E-state index in [2.05, 4.69) is 0 Å². The fourth-order valence-electron chi connectivity index (χ4n) is 5.85. The first-order chi connectivity index (χ1) is 9.14. The first kappa shape index (κ1) is 12.2. The fraction of sp³-hybridized carbons (Fsp3) is 0.938. The number of hydrogen-bond acceptors (Lipinski definition) is 2. The van der Waals surface area contributed by atoms with Gasteiger partial charge < -0.3 is 10.0 Å². The molecule has 1 N–H and O–H groups in total. The van der Waals surface area contributed by atoms with Gasteiger partial charge in [0, 0.05) is 13.1 Å². The van der Waals surface area contributed by atoms with Gasteiger partial charge in [-0.15, -0.1) is 0 Å². The molecular formula is C16H25NO2. The second-order valence-electron chi connectivity index (χ2n) is 7.75. The maximum Gasteiger partial charge on any atom is 0.228 e. The molecule has 3 heteroatoms. The Bertz CT molecular complexity index is 357. The van der Waals surface area contributed by atoms with Gasteiger partial charge in [0.15, 0.2) is 0 Å². The molecule has 19 heavy (non-hydrogen) atoms. The van der Waals surface area contributed by atoms with Crippen LogP contribution in [0.1, 0.15) is 51.4 Å². The third-order valence-electron chi connectivity index (χ3n) is 6.18. The lowest BCUT2D eigenvalue weighted by molar-refractivity contribution is -0.160. The summed E-state index contributed by atoms with van der Waals surface area (Å²) in [7, 11) is 0. The first-order valence-corrected chi connectivity index (χ1v) is 8.12. The fourth-order valence-corrected chi connectivity index (χ4v) is 5.85. The largest absolute Gasteiger partial charge is 0.391 e. The van der Waals surface area contributed by atoms with E-state index in [4.69, 9.17) is 0 Å². The molecule has 3 nitrogen and oxygen atoms in total. The van der Waals surface area contributed by atoms with Crippen LogP contribution in [0.25, 0.3) is 0 Å². The Morgan fingerprint density at radius 2 is 1.63 bits per heavy atom. The van der Waals surface area contributed by atoms with Crippen molar-refractivity contribution in [2.45, 2.75) is 57.5 Å². The van der Waals surface area contributed by atoms with Crippen LogP contribution in [0.2, 0.25) is 0 Å². The smallest absolute Gasteiger partial charge is 0.228 e. The molecule has 4 saturated carbocycles. The van der Waals surface area contributed by atoms with Crippen molar-refractivity contribution < 1.29 is 9.90 Å². The quantitative estimate of drug-likeness (QED) is 0.788. The van der Waals surface area contributed by atoms with Crippen LogP contribution < -0.4 is 0 Å². The van der Waals surface area contributed by atoms with Crippen molar-refractivity contribution >= 4 is 5.91 Å². The number of rotatable bonds is 1. The molecule has 0 radical (unpaired) electrons. The Morgan fingerprint density at radius 3 is 2.16 bits per heavy atom. The highest BCUT2D eigenvalue weighted by Crippen LogP contribution is 2.60. The van der Waals surface area contributed by atoms with Crippen molar-refractivity contribution in [1.82, 2.24) is 4.90 Å². The topological polar surface area (TPSA) is 40.5 Å². The van der Waals surface area contributed by atoms with Crippen molar-refractivity contribution in [3.63, 3.8) is 0 Å². The van der Waals surface area contributed by atoms with Gasteiger partial charge in [0.1, 0.15) is 0 Å². The van der Waals surface area contributed by atoms with Crippen molar-refractivity contribution in [2.75, 3.05) is 13.1 Å². The summed E-state index contributed by atoms with van der Waals surface area (Å²) in [5, 5.41) is 9.82. The van der Waals surface area contributed by atoms with Gasteiger partial charge in [-0.1, -0.05) is 0 Å². The Balaban J connectivity index is 1.56. The Morgan fingerprint density at radius 1 is 1.05 bits per heavy atom. The minimum atomic E-state index is -0.286. The normalized spacial score (nSPS) is 48.6. The Hall–Kier alpha value is -0.570. The highest BCUT2D eigenvalue weighted by atomic mass is 16.3. The van der Waals surface area contributed by atoms with E-state index in [-0.39, 0.29) is 11.5 Å². The number of hydrogen-bond donors (Lipinski definition) is 1. The molecule has 1 amide bonds. The molecule has 1 aliphatic heterocycles. The number of carbonyl (C=O) groups is 1. The summed E-state index contributed by atoms with van der Waals surface area (Å²) >= 11 is 0. The molecule has 1 atom stereocenters. The summed E-state index contributed by atoms with van der Waals surface area (Å²) in [6, 6.07) is 0. The van der Waals surface area contributed by atoms with E-state index in [1.807, 2.05) is 4.90 Å². The minimum Gasteiger partial charge on any atom is -0.391 e. The monoisotopic (exact) mass is 263 g/mol. The molecule has 1 heterocycles. The number of aliphatic hydroxyl groups excluding tert-OH is 1. The molecule has 5 rings (SSSR count). The zero-order valence-electron chi connectivity index (χ0n) is 11.7. The number of carbonyl (C=O) groups excluding carboxylic acids is 1. The zero-order valence-corrected chi connectivity index (χ0v) is 11.7. The Labute approximate surface area is 115 Å². The van der Waals surface area contributed by atoms with Gasteiger partial charge in [-0.3, -0.25) is 4.79 Å². The molecule has 5 fully saturated rings. The molecular weight excluding hydrogens is 238 g/mol. The van der Waals surface area contributed by atoms with Crippen LogP contribution in [0.4, 0.5) is 0 Å². The summed E-state index contributed by atoms with van der Waals surface area (Å²) in [6.07, 6.45) is 9.13. The number of likely N-dealkylation sites (tertiary alicyclic amines) is 1. The third-order valence-corrected chi connectivity index (χ3v) is 6.18. The molecule has 1 saturated heterocycles. The second-order valence-corrected chi connectivity index (χ2v) is 7.75. The van der Waals surface area contributed by atoms with Crippen LogP contribution in [-0.4, -0.2) is 35.1 Å². The van der Waals surface area contributed by atoms with E-state index in [1.54, 1.807) is 0 Å². The second kappa shape index (κ2) is 4.21. The van der Waals surface area contributed by atoms with E-state index >= 15 is 0 Å². The van der Waals surface area contributed by atoms with Gasteiger partial charge in [-0.2, -0.15) is 0 Å². The average molecular weight is 263 g/mol. The standard InChI is InChI=1S/C16H25NO2/c18-14-2-1-3-17(10-14)15(19)16-7-11-4-12(8-16)6-13(5-11)9-16/h11-14,18H,1-10H2/t11?,12?,13?,14-,16?/m0/s1. The van der Waals surface area contributed by atoms with Gasteiger partial charge in [0.05, 0.1) is 11.5 Å². The summed E-state index contributed by atoms with van der Waals surface area (Å²) in [5.41, 5.74) is -0.0220. The van der Waals surface area contributed by atoms with Crippen LogP contribution in [0, 0.1) is 23.2 Å². The van der Waals surface area contributed by atoms with Crippen LogP contribution in [0.3, 0.4) is 0 Å². The Kier molecular flexibility index (Phi) is 2.70. The van der Waals surface area contributed by atoms with Crippen LogP contribution in [0.15, 0.2) is 0 Å². The molecule has 0 aromatic rings. The van der Waals surface area contributed by atoms with Crippen molar-refractivity contribution in [3.8, 4) is 0 Å². The number of amides is 1. The highest BCUT2D eigenvalue weighted by molar-refractivity contribution is 5.83. The number of piperidine rings is 1. The number of β-amino-alcohol motifs (C(OH)–C–C–N with tert-alkyl or cyclic N) is 1. The van der Waals surface area contributed by atoms with E-state index in [0.29, 0.717) is 12.5 Å². The van der Waals surface area contributed by atoms with Crippen molar-refractivity contribution in [2.24, 2.45) is 23.2 Å². The molecule has 0 spiro atoms. The van der Waals surface area contributed by atoms with E-state index < -0.39 is 0 Å². The summed E-state index contributed by atoms with van der Waals surface area (Å²) in [6.45, 7) is 1.46. The average Bonchev–Trinajstić information content (AvgIpc) is 2.36. The molecule has 0 aromatic carbocycles. The van der Waals surface area contributed by atoms with Gasteiger partial charge >= 0.3 is 0 Å². The lowest BCUT2D eigenvalue weighted by Crippen LogP contribution is -2.56. The lowest BCUT2D eigenvalue weighted by Gasteiger charge is -2.57. The number of aliphatic hydroxyl groups is 1. The maximum atomic E-state index is 13.0. The van der Waals surface area contributed by atoms with Crippen LogP contribution >= 0.6 is 0 Å². The first-order valence-electron chi connectivity index (χ1n) is 8.12. The minimum absolute atomic E-state index is 0.0220. The van der Waals surface area contributed by atoms with Crippen LogP contribution in [-0.2, 0) is 4.79 Å². The highest BCUT2D eigenvalue weighted by Gasteiger charge is 2.55. The maximum absolute atomic E-state index is 13.0. The van der Waals surface area contributed by atoms with Gasteiger partial charge in [0.2, 0.25) is 5.91 Å². The van der Waals surface area contributed by atoms with Gasteiger partial charge in [0.25, 0.3) is 0 Å². The van der Waals surface area contributed by atoms with Gasteiger partial charge in [-0.05, 0) is 69.1 Å². The number of nitrogens with zero attached hydrogens (tertiary/aromatic N) is 1. The predicted molar refractivity (Wildman–Crippen MR) is 72.4 cm³/mol. The molecule has 0 aromatic heterocycles. The summed E-state index contributed by atoms with van der Waals surface area (Å²) in [5.74, 6) is 2.87. The van der Waals surface area contributed by atoms with E-state index in [0.717, 1.165) is 56.4 Å². The van der Waals surface area contributed by atoms with Crippen molar-refractivity contribution in [3.05, 3.63) is 0 Å². The van der Waals surface area contributed by atoms with E-state index in [1.165, 1.54) is 19.3 Å². The van der Waals surface area contributed by atoms with Crippen molar-refractivity contribution in [1.29, 1.82) is 0 Å². The third kappa shape index (κ3) is 1.93. The molecule has 106 valence electrons. The molecule has 4 aliphatic carbocycles. The molecule has 4 bridgehead atoms. The van der Waals surface area contributed by atoms with Crippen LogP contribution in [0.5, 0.6) is 0 Å². The predicted octanol–water partition coefficient (Wildman–Crippen LogP) is 2.19. The summed E-state index contributed by atoms with van der Waals surface area (Å²) < 4.78 is 0. The summed E-state index contributed by atoms with van der Waals surface area (Å²) in [4.78, 5) is 15.0. The zero-order chi connectivity index (χ0) is 13.0. The van der Waals surface area contributed by atoms with E-state index in [9.17, 15) is 9.90 Å². The molecule has 5 aliphatic rings. The molecule has 0 unspecified atom stereocenters. The lowest BCUT2D eigenvalue weighted by atomic mass is 9.49. The van der Waals surface area contributed by atoms with Gasteiger partial charge in [-0.25, -0.2) is 0 Å². The SMILES string of the molecule is O=C(N1CCC[C@H](O)C1)C12CC3CC(CC(C3)C1)C2.